The van der Waals surface area contributed by atoms with Gasteiger partial charge in [-0.25, -0.2) is 0 Å². The molecule has 3 heteroatoms. The molecular formula is C15H19NO2. The van der Waals surface area contributed by atoms with E-state index in [1.165, 1.54) is 0 Å². The molecule has 1 saturated heterocycles. The zero-order valence-electron chi connectivity index (χ0n) is 10.5. The number of likely N-dealkylation sites (tertiary alicyclic amines) is 1. The molecule has 1 heterocycles. The molecule has 3 nitrogen and oxygen atoms in total. The van der Waals surface area contributed by atoms with E-state index in [9.17, 15) is 9.90 Å². The van der Waals surface area contributed by atoms with Crippen molar-refractivity contribution in [3.63, 3.8) is 0 Å². The van der Waals surface area contributed by atoms with Crippen LogP contribution in [0.5, 0.6) is 0 Å². The smallest absolute Gasteiger partial charge is 0.233 e. The van der Waals surface area contributed by atoms with Gasteiger partial charge in [-0.3, -0.25) is 4.79 Å². The first-order valence-corrected chi connectivity index (χ1v) is 6.75. The molecule has 0 radical (unpaired) electrons. The van der Waals surface area contributed by atoms with Gasteiger partial charge in [0.15, 0.2) is 0 Å². The van der Waals surface area contributed by atoms with Crippen molar-refractivity contribution in [1.82, 2.24) is 4.90 Å². The molecule has 1 aliphatic carbocycles. The van der Waals surface area contributed by atoms with Crippen molar-refractivity contribution < 1.29 is 9.90 Å². The van der Waals surface area contributed by atoms with Gasteiger partial charge in [0.05, 0.1) is 18.1 Å². The number of benzene rings is 1. The third-order valence-electron chi connectivity index (χ3n) is 4.33. The minimum atomic E-state index is -0.279. The average Bonchev–Trinajstić information content (AvgIpc) is 3.10. The summed E-state index contributed by atoms with van der Waals surface area (Å²) in [7, 11) is 0. The molecule has 1 aliphatic heterocycles. The van der Waals surface area contributed by atoms with E-state index in [0.717, 1.165) is 37.8 Å². The normalized spacial score (nSPS) is 25.2. The van der Waals surface area contributed by atoms with Crippen molar-refractivity contribution in [1.29, 1.82) is 0 Å². The second kappa shape index (κ2) is 4.39. The number of nitrogens with zero attached hydrogens (tertiary/aromatic N) is 1. The van der Waals surface area contributed by atoms with Gasteiger partial charge in [-0.05, 0) is 31.2 Å². The SMILES string of the molecule is O=C(N1CCC[C@H]1CO)C1(c2ccccc2)CC1. The van der Waals surface area contributed by atoms with E-state index in [1.54, 1.807) is 0 Å². The maximum Gasteiger partial charge on any atom is 0.233 e. The van der Waals surface area contributed by atoms with Crippen molar-refractivity contribution >= 4 is 5.91 Å². The summed E-state index contributed by atoms with van der Waals surface area (Å²) in [6.07, 6.45) is 3.85. The molecule has 2 aliphatic rings. The fourth-order valence-electron chi connectivity index (χ4n) is 3.08. The number of carbonyl (C=O) groups excluding carboxylic acids is 1. The molecule has 1 aromatic carbocycles. The van der Waals surface area contributed by atoms with E-state index in [4.69, 9.17) is 0 Å². The van der Waals surface area contributed by atoms with Gasteiger partial charge >= 0.3 is 0 Å². The minimum Gasteiger partial charge on any atom is -0.394 e. The minimum absolute atomic E-state index is 0.0405. The van der Waals surface area contributed by atoms with E-state index in [0.29, 0.717) is 0 Å². The summed E-state index contributed by atoms with van der Waals surface area (Å²) < 4.78 is 0. The number of aliphatic hydroxyl groups is 1. The lowest BCUT2D eigenvalue weighted by Gasteiger charge is -2.28. The topological polar surface area (TPSA) is 40.5 Å². The largest absolute Gasteiger partial charge is 0.394 e. The van der Waals surface area contributed by atoms with Crippen LogP contribution >= 0.6 is 0 Å². The van der Waals surface area contributed by atoms with Crippen LogP contribution < -0.4 is 0 Å². The number of amides is 1. The number of aliphatic hydroxyl groups excluding tert-OH is 1. The van der Waals surface area contributed by atoms with E-state index in [-0.39, 0.29) is 24.0 Å². The van der Waals surface area contributed by atoms with Gasteiger partial charge in [0.25, 0.3) is 0 Å². The standard InChI is InChI=1S/C15H19NO2/c17-11-13-7-4-10-16(13)14(18)15(8-9-15)12-5-2-1-3-6-12/h1-3,5-6,13,17H,4,7-11H2/t13-/m0/s1. The van der Waals surface area contributed by atoms with E-state index >= 15 is 0 Å². The highest BCUT2D eigenvalue weighted by atomic mass is 16.3. The Bertz CT molecular complexity index is 439. The van der Waals surface area contributed by atoms with Gasteiger partial charge in [-0.1, -0.05) is 30.3 Å². The molecule has 18 heavy (non-hydrogen) atoms. The molecule has 96 valence electrons. The molecule has 0 aromatic heterocycles. The Labute approximate surface area is 107 Å². The van der Waals surface area contributed by atoms with E-state index in [1.807, 2.05) is 23.1 Å². The molecule has 0 spiro atoms. The lowest BCUT2D eigenvalue weighted by molar-refractivity contribution is -0.135. The molecule has 3 rings (SSSR count). The first-order chi connectivity index (χ1) is 8.78. The lowest BCUT2D eigenvalue weighted by atomic mass is 9.94. The van der Waals surface area contributed by atoms with Crippen LogP contribution in [0.3, 0.4) is 0 Å². The first kappa shape index (κ1) is 11.7. The number of rotatable bonds is 3. The summed E-state index contributed by atoms with van der Waals surface area (Å²) in [5.74, 6) is 0.227. The van der Waals surface area contributed by atoms with Gasteiger partial charge in [0, 0.05) is 6.54 Å². The predicted octanol–water partition coefficient (Wildman–Crippen LogP) is 1.70. The van der Waals surface area contributed by atoms with Crippen molar-refractivity contribution in [2.45, 2.75) is 37.1 Å². The quantitative estimate of drug-likeness (QED) is 0.880. The van der Waals surface area contributed by atoms with Crippen LogP contribution in [-0.2, 0) is 10.2 Å². The Kier molecular flexibility index (Phi) is 2.86. The van der Waals surface area contributed by atoms with Crippen molar-refractivity contribution in [2.24, 2.45) is 0 Å². The Morgan fingerprint density at radius 2 is 2.06 bits per heavy atom. The van der Waals surface area contributed by atoms with Gasteiger partial charge in [-0.15, -0.1) is 0 Å². The van der Waals surface area contributed by atoms with Crippen molar-refractivity contribution in [3.05, 3.63) is 35.9 Å². The molecule has 1 atom stereocenters. The van der Waals surface area contributed by atoms with Crippen LogP contribution in [0, 0.1) is 0 Å². The summed E-state index contributed by atoms with van der Waals surface area (Å²) in [6, 6.07) is 10.1. The predicted molar refractivity (Wildman–Crippen MR) is 69.2 cm³/mol. The molecule has 0 bridgehead atoms. The Balaban J connectivity index is 1.84. The molecule has 2 fully saturated rings. The highest BCUT2D eigenvalue weighted by Crippen LogP contribution is 2.50. The highest BCUT2D eigenvalue weighted by Gasteiger charge is 2.54. The zero-order chi connectivity index (χ0) is 12.6. The fourth-order valence-corrected chi connectivity index (χ4v) is 3.08. The third kappa shape index (κ3) is 1.74. The van der Waals surface area contributed by atoms with Crippen LogP contribution in [0.4, 0.5) is 0 Å². The summed E-state index contributed by atoms with van der Waals surface area (Å²) in [5.41, 5.74) is 0.859. The van der Waals surface area contributed by atoms with E-state index < -0.39 is 0 Å². The van der Waals surface area contributed by atoms with Gasteiger partial charge in [0.1, 0.15) is 0 Å². The monoisotopic (exact) mass is 245 g/mol. The Morgan fingerprint density at radius 3 is 2.67 bits per heavy atom. The summed E-state index contributed by atoms with van der Waals surface area (Å²) >= 11 is 0. The zero-order valence-corrected chi connectivity index (χ0v) is 10.5. The first-order valence-electron chi connectivity index (χ1n) is 6.75. The molecule has 1 aromatic rings. The summed E-state index contributed by atoms with van der Waals surface area (Å²) in [5, 5.41) is 9.35. The number of hydrogen-bond donors (Lipinski definition) is 1. The Hall–Kier alpha value is -1.35. The number of carbonyl (C=O) groups is 1. The van der Waals surface area contributed by atoms with Gasteiger partial charge < -0.3 is 10.0 Å². The van der Waals surface area contributed by atoms with Crippen LogP contribution in [-0.4, -0.2) is 35.1 Å². The highest BCUT2D eigenvalue weighted by molar-refractivity contribution is 5.91. The second-order valence-electron chi connectivity index (χ2n) is 5.43. The van der Waals surface area contributed by atoms with E-state index in [2.05, 4.69) is 12.1 Å². The summed E-state index contributed by atoms with van der Waals surface area (Å²) in [4.78, 5) is 14.6. The van der Waals surface area contributed by atoms with Crippen LogP contribution in [0.1, 0.15) is 31.2 Å². The number of hydrogen-bond acceptors (Lipinski definition) is 2. The average molecular weight is 245 g/mol. The van der Waals surface area contributed by atoms with Crippen molar-refractivity contribution in [2.75, 3.05) is 13.2 Å². The van der Waals surface area contributed by atoms with Crippen LogP contribution in [0.15, 0.2) is 30.3 Å². The van der Waals surface area contributed by atoms with Gasteiger partial charge in [-0.2, -0.15) is 0 Å². The maximum atomic E-state index is 12.7. The molecular weight excluding hydrogens is 226 g/mol. The molecule has 0 unspecified atom stereocenters. The van der Waals surface area contributed by atoms with Crippen LogP contribution in [0.25, 0.3) is 0 Å². The van der Waals surface area contributed by atoms with Gasteiger partial charge in [0.2, 0.25) is 5.91 Å². The fraction of sp³-hybridized carbons (Fsp3) is 0.533. The Morgan fingerprint density at radius 1 is 1.33 bits per heavy atom. The maximum absolute atomic E-state index is 12.7. The van der Waals surface area contributed by atoms with Crippen molar-refractivity contribution in [3.8, 4) is 0 Å². The molecule has 1 saturated carbocycles. The lowest BCUT2D eigenvalue weighted by Crippen LogP contribution is -2.43. The van der Waals surface area contributed by atoms with Crippen LogP contribution in [0.2, 0.25) is 0 Å². The molecule has 1 amide bonds. The second-order valence-corrected chi connectivity index (χ2v) is 5.43. The third-order valence-corrected chi connectivity index (χ3v) is 4.33. The molecule has 1 N–H and O–H groups in total. The summed E-state index contributed by atoms with van der Waals surface area (Å²) in [6.45, 7) is 0.898.